The largest absolute Gasteiger partial charge is 0.352 e. The molecule has 2 atom stereocenters. The lowest BCUT2D eigenvalue weighted by Gasteiger charge is -2.18. The van der Waals surface area contributed by atoms with Crippen LogP contribution in [0.3, 0.4) is 0 Å². The van der Waals surface area contributed by atoms with E-state index in [4.69, 9.17) is 0 Å². The highest BCUT2D eigenvalue weighted by molar-refractivity contribution is 7.92. The molecule has 0 bridgehead atoms. The minimum Gasteiger partial charge on any atom is -0.352 e. The molecular formula is C13H22N2O3S. The predicted molar refractivity (Wildman–Crippen MR) is 72.5 cm³/mol. The molecule has 0 aromatic rings. The first-order valence-corrected chi connectivity index (χ1v) is 8.99. The summed E-state index contributed by atoms with van der Waals surface area (Å²) in [6, 6.07) is 0.346. The van der Waals surface area contributed by atoms with Gasteiger partial charge < -0.3 is 5.32 Å². The van der Waals surface area contributed by atoms with Gasteiger partial charge in [-0.15, -0.1) is 0 Å². The highest BCUT2D eigenvalue weighted by atomic mass is 32.2. The molecule has 2 heterocycles. The number of carbonyl (C=O) groups is 1. The van der Waals surface area contributed by atoms with Crippen LogP contribution in [0, 0.1) is 5.92 Å². The lowest BCUT2D eigenvalue weighted by molar-refractivity contribution is -0.122. The van der Waals surface area contributed by atoms with Gasteiger partial charge in [-0.3, -0.25) is 9.69 Å². The van der Waals surface area contributed by atoms with E-state index in [-0.39, 0.29) is 17.1 Å². The average Bonchev–Trinajstić information content (AvgIpc) is 3.00. The molecule has 5 nitrogen and oxygen atoms in total. The van der Waals surface area contributed by atoms with E-state index in [0.717, 1.165) is 25.8 Å². The molecule has 3 fully saturated rings. The Kier molecular flexibility index (Phi) is 3.55. The van der Waals surface area contributed by atoms with Gasteiger partial charge in [0.25, 0.3) is 0 Å². The first-order chi connectivity index (χ1) is 9.04. The van der Waals surface area contributed by atoms with Crippen molar-refractivity contribution in [2.24, 2.45) is 5.92 Å². The smallest absolute Gasteiger partial charge is 0.234 e. The molecule has 3 rings (SSSR count). The minimum atomic E-state index is -2.89. The summed E-state index contributed by atoms with van der Waals surface area (Å²) in [5, 5.41) is 2.85. The number of carbonyl (C=O) groups excluding carboxylic acids is 1. The van der Waals surface area contributed by atoms with Crippen molar-refractivity contribution in [2.75, 3.05) is 25.4 Å². The lowest BCUT2D eigenvalue weighted by atomic mass is 10.1. The molecule has 6 heteroatoms. The number of sulfone groups is 1. The van der Waals surface area contributed by atoms with E-state index < -0.39 is 9.84 Å². The summed E-state index contributed by atoms with van der Waals surface area (Å²) in [6.07, 6.45) is 5.36. The van der Waals surface area contributed by atoms with Crippen molar-refractivity contribution in [1.29, 1.82) is 0 Å². The number of amides is 1. The number of hydrogen-bond donors (Lipinski definition) is 1. The van der Waals surface area contributed by atoms with Crippen LogP contribution in [0.15, 0.2) is 0 Å². The first-order valence-electron chi connectivity index (χ1n) is 7.28. The van der Waals surface area contributed by atoms with E-state index in [1.54, 1.807) is 0 Å². The normalized spacial score (nSPS) is 34.5. The maximum Gasteiger partial charge on any atom is 0.234 e. The summed E-state index contributed by atoms with van der Waals surface area (Å²) >= 11 is 0. The fourth-order valence-corrected chi connectivity index (χ4v) is 5.93. The monoisotopic (exact) mass is 286 g/mol. The van der Waals surface area contributed by atoms with Crippen molar-refractivity contribution in [3.63, 3.8) is 0 Å². The third kappa shape index (κ3) is 2.79. The molecule has 1 saturated carbocycles. The number of hydrogen-bond acceptors (Lipinski definition) is 4. The van der Waals surface area contributed by atoms with Gasteiger partial charge in [-0.25, -0.2) is 8.42 Å². The number of nitrogens with one attached hydrogen (secondary N) is 1. The third-order valence-corrected chi connectivity index (χ3v) is 7.04. The second kappa shape index (κ2) is 5.05. The zero-order valence-corrected chi connectivity index (χ0v) is 12.0. The van der Waals surface area contributed by atoms with E-state index in [1.165, 1.54) is 12.8 Å². The van der Waals surface area contributed by atoms with E-state index in [1.807, 2.05) is 4.90 Å². The maximum absolute atomic E-state index is 11.9. The number of likely N-dealkylation sites (tertiary alicyclic amines) is 1. The van der Waals surface area contributed by atoms with Crippen LogP contribution >= 0.6 is 0 Å². The fourth-order valence-electron chi connectivity index (χ4n) is 3.75. The summed E-state index contributed by atoms with van der Waals surface area (Å²) < 4.78 is 23.7. The lowest BCUT2D eigenvalue weighted by Crippen LogP contribution is -2.41. The molecule has 0 spiro atoms. The Morgan fingerprint density at radius 3 is 2.58 bits per heavy atom. The predicted octanol–water partition coefficient (Wildman–Crippen LogP) is 0.164. The van der Waals surface area contributed by atoms with Crippen LogP contribution in [0.5, 0.6) is 0 Å². The van der Waals surface area contributed by atoms with Gasteiger partial charge in [0.15, 0.2) is 9.84 Å². The summed E-state index contributed by atoms with van der Waals surface area (Å²) in [7, 11) is -2.89. The van der Waals surface area contributed by atoms with Crippen molar-refractivity contribution in [1.82, 2.24) is 10.2 Å². The molecule has 0 radical (unpaired) electrons. The highest BCUT2D eigenvalue weighted by Gasteiger charge is 2.46. The Hall–Kier alpha value is -0.620. The van der Waals surface area contributed by atoms with E-state index in [0.29, 0.717) is 24.9 Å². The fraction of sp³-hybridized carbons (Fsp3) is 0.923. The van der Waals surface area contributed by atoms with Crippen LogP contribution in [0.2, 0.25) is 0 Å². The van der Waals surface area contributed by atoms with Crippen LogP contribution in [0.1, 0.15) is 32.1 Å². The number of fused-ring (bicyclic) bond motifs is 1. The Bertz CT molecular complexity index is 457. The van der Waals surface area contributed by atoms with Gasteiger partial charge in [0.1, 0.15) is 0 Å². The minimum absolute atomic E-state index is 0.0595. The summed E-state index contributed by atoms with van der Waals surface area (Å²) in [4.78, 5) is 13.9. The standard InChI is InChI=1S/C13H22N2O3S/c16-13(14-11-3-1-2-4-11)9-15-7-10-5-6-19(17,18)12(10)8-15/h10-12H,1-9H2,(H,14,16)/t10-,12+/m0/s1. The topological polar surface area (TPSA) is 66.5 Å². The molecule has 1 aliphatic carbocycles. The molecule has 19 heavy (non-hydrogen) atoms. The van der Waals surface area contributed by atoms with Crippen molar-refractivity contribution in [3.8, 4) is 0 Å². The van der Waals surface area contributed by atoms with Gasteiger partial charge in [0.05, 0.1) is 17.5 Å². The van der Waals surface area contributed by atoms with Crippen molar-refractivity contribution in [2.45, 2.75) is 43.4 Å². The van der Waals surface area contributed by atoms with Crippen molar-refractivity contribution in [3.05, 3.63) is 0 Å². The Balaban J connectivity index is 1.50. The van der Waals surface area contributed by atoms with E-state index in [9.17, 15) is 13.2 Å². The molecule has 108 valence electrons. The molecule has 0 aromatic heterocycles. The molecule has 1 amide bonds. The molecule has 1 N–H and O–H groups in total. The van der Waals surface area contributed by atoms with Crippen LogP contribution < -0.4 is 5.32 Å². The van der Waals surface area contributed by atoms with Gasteiger partial charge in [0, 0.05) is 19.1 Å². The van der Waals surface area contributed by atoms with Crippen molar-refractivity contribution >= 4 is 15.7 Å². The second-order valence-electron chi connectivity index (χ2n) is 6.20. The van der Waals surface area contributed by atoms with Crippen LogP contribution in [0.4, 0.5) is 0 Å². The molecule has 2 saturated heterocycles. The summed E-state index contributed by atoms with van der Waals surface area (Å²) in [5.41, 5.74) is 0. The van der Waals surface area contributed by atoms with Gasteiger partial charge in [-0.05, 0) is 25.2 Å². The van der Waals surface area contributed by atoms with Gasteiger partial charge in [-0.1, -0.05) is 12.8 Å². The first kappa shape index (κ1) is 13.4. The maximum atomic E-state index is 11.9. The van der Waals surface area contributed by atoms with Crippen LogP contribution in [0.25, 0.3) is 0 Å². The van der Waals surface area contributed by atoms with Gasteiger partial charge in [-0.2, -0.15) is 0 Å². The molecule has 2 aliphatic heterocycles. The van der Waals surface area contributed by atoms with Gasteiger partial charge in [0.2, 0.25) is 5.91 Å². The summed E-state index contributed by atoms with van der Waals surface area (Å²) in [6.45, 7) is 1.67. The molecular weight excluding hydrogens is 264 g/mol. The number of rotatable bonds is 3. The Labute approximate surface area is 114 Å². The highest BCUT2D eigenvalue weighted by Crippen LogP contribution is 2.33. The Morgan fingerprint density at radius 1 is 1.16 bits per heavy atom. The van der Waals surface area contributed by atoms with Gasteiger partial charge >= 0.3 is 0 Å². The van der Waals surface area contributed by atoms with E-state index >= 15 is 0 Å². The van der Waals surface area contributed by atoms with Crippen LogP contribution in [-0.2, 0) is 14.6 Å². The SMILES string of the molecule is O=C(CN1C[C@@H]2CCS(=O)(=O)[C@@H]2C1)NC1CCCC1. The van der Waals surface area contributed by atoms with Crippen molar-refractivity contribution < 1.29 is 13.2 Å². The average molecular weight is 286 g/mol. The van der Waals surface area contributed by atoms with E-state index in [2.05, 4.69) is 5.32 Å². The molecule has 3 aliphatic rings. The Morgan fingerprint density at radius 2 is 1.89 bits per heavy atom. The van der Waals surface area contributed by atoms with Crippen LogP contribution in [-0.4, -0.2) is 55.9 Å². The quantitative estimate of drug-likeness (QED) is 0.803. The third-order valence-electron chi connectivity index (χ3n) is 4.78. The zero-order chi connectivity index (χ0) is 13.5. The molecule has 0 unspecified atom stereocenters. The zero-order valence-electron chi connectivity index (χ0n) is 11.2. The second-order valence-corrected chi connectivity index (χ2v) is 8.54. The number of nitrogens with zero attached hydrogens (tertiary/aromatic N) is 1. The summed E-state index contributed by atoms with van der Waals surface area (Å²) in [5.74, 6) is 0.651. The molecule has 0 aromatic carbocycles.